The standard InChI is InChI=1S/C22H20BrF2N3O5/c1-12-2-3-13(20(31)26-8-16(30)9-29)6-18(12)28-11-27-21(19(23)22(28)32)33-10-14-4-5-15(24)7-17(14)25/h2-7,11,16,29-30H,8-10H2,1H3,(H,26,31)/t16-/m0/s1. The number of aryl methyl sites for hydroxylation is 1. The third-order valence-corrected chi connectivity index (χ3v) is 5.38. The van der Waals surface area contributed by atoms with E-state index in [4.69, 9.17) is 9.84 Å². The zero-order valence-corrected chi connectivity index (χ0v) is 19.0. The highest BCUT2D eigenvalue weighted by molar-refractivity contribution is 9.10. The molecule has 11 heteroatoms. The highest BCUT2D eigenvalue weighted by Gasteiger charge is 2.16. The first-order valence-electron chi connectivity index (χ1n) is 9.73. The van der Waals surface area contributed by atoms with Crippen molar-refractivity contribution in [2.45, 2.75) is 19.6 Å². The molecule has 0 aliphatic carbocycles. The maximum Gasteiger partial charge on any atom is 0.276 e. The molecule has 2 aromatic carbocycles. The van der Waals surface area contributed by atoms with Crippen molar-refractivity contribution in [3.05, 3.63) is 85.9 Å². The van der Waals surface area contributed by atoms with E-state index in [9.17, 15) is 23.5 Å². The van der Waals surface area contributed by atoms with E-state index >= 15 is 0 Å². The number of halogens is 3. The van der Waals surface area contributed by atoms with Crippen LogP contribution in [0.25, 0.3) is 5.69 Å². The van der Waals surface area contributed by atoms with Crippen molar-refractivity contribution in [1.29, 1.82) is 0 Å². The largest absolute Gasteiger partial charge is 0.472 e. The van der Waals surface area contributed by atoms with Gasteiger partial charge in [-0.25, -0.2) is 13.8 Å². The summed E-state index contributed by atoms with van der Waals surface area (Å²) in [7, 11) is 0. The van der Waals surface area contributed by atoms with Crippen LogP contribution in [0.1, 0.15) is 21.5 Å². The molecular formula is C22H20BrF2N3O5. The summed E-state index contributed by atoms with van der Waals surface area (Å²) in [5, 5.41) is 20.7. The first-order chi connectivity index (χ1) is 15.7. The molecule has 0 saturated carbocycles. The van der Waals surface area contributed by atoms with Crippen LogP contribution in [-0.2, 0) is 6.61 Å². The van der Waals surface area contributed by atoms with Gasteiger partial charge in [0, 0.05) is 23.7 Å². The number of amides is 1. The fraction of sp³-hybridized carbons (Fsp3) is 0.227. The smallest absolute Gasteiger partial charge is 0.276 e. The van der Waals surface area contributed by atoms with E-state index in [-0.39, 0.29) is 34.6 Å². The Kier molecular flexibility index (Phi) is 7.90. The summed E-state index contributed by atoms with van der Waals surface area (Å²) < 4.78 is 33.5. The van der Waals surface area contributed by atoms with Crippen LogP contribution >= 0.6 is 15.9 Å². The van der Waals surface area contributed by atoms with Crippen LogP contribution < -0.4 is 15.6 Å². The molecule has 1 aromatic heterocycles. The quantitative estimate of drug-likeness (QED) is 0.417. The van der Waals surface area contributed by atoms with Gasteiger partial charge in [0.15, 0.2) is 0 Å². The van der Waals surface area contributed by atoms with Gasteiger partial charge in [0.2, 0.25) is 5.88 Å². The van der Waals surface area contributed by atoms with Gasteiger partial charge in [-0.1, -0.05) is 6.07 Å². The van der Waals surface area contributed by atoms with E-state index in [0.717, 1.165) is 12.1 Å². The van der Waals surface area contributed by atoms with Gasteiger partial charge in [0.1, 0.15) is 29.0 Å². The maximum atomic E-state index is 13.8. The number of nitrogens with one attached hydrogen (secondary N) is 1. The molecule has 0 aliphatic heterocycles. The van der Waals surface area contributed by atoms with E-state index in [1.54, 1.807) is 19.1 Å². The molecule has 0 radical (unpaired) electrons. The van der Waals surface area contributed by atoms with E-state index in [2.05, 4.69) is 26.2 Å². The number of hydrogen-bond donors (Lipinski definition) is 3. The summed E-state index contributed by atoms with van der Waals surface area (Å²) in [5.41, 5.74) is 0.862. The van der Waals surface area contributed by atoms with Crippen LogP contribution in [0.3, 0.4) is 0 Å². The number of aliphatic hydroxyl groups is 2. The first-order valence-corrected chi connectivity index (χ1v) is 10.5. The fourth-order valence-corrected chi connectivity index (χ4v) is 3.27. The molecular weight excluding hydrogens is 504 g/mol. The van der Waals surface area contributed by atoms with E-state index in [1.165, 1.54) is 23.0 Å². The predicted octanol–water partition coefficient (Wildman–Crippen LogP) is 2.24. The van der Waals surface area contributed by atoms with E-state index in [0.29, 0.717) is 11.3 Å². The Balaban J connectivity index is 1.84. The second-order valence-electron chi connectivity index (χ2n) is 7.11. The summed E-state index contributed by atoms with van der Waals surface area (Å²) in [4.78, 5) is 29.4. The van der Waals surface area contributed by atoms with Crippen LogP contribution in [0.15, 0.2) is 52.0 Å². The average molecular weight is 524 g/mol. The highest BCUT2D eigenvalue weighted by atomic mass is 79.9. The normalized spacial score (nSPS) is 11.8. The molecule has 33 heavy (non-hydrogen) atoms. The van der Waals surface area contributed by atoms with Gasteiger partial charge in [-0.2, -0.15) is 0 Å². The SMILES string of the molecule is Cc1ccc(C(=O)NC[C@H](O)CO)cc1-n1cnc(OCc2ccc(F)cc2F)c(Br)c1=O. The molecule has 3 aromatic rings. The lowest BCUT2D eigenvalue weighted by atomic mass is 10.1. The monoisotopic (exact) mass is 523 g/mol. The molecule has 0 spiro atoms. The molecule has 1 atom stereocenters. The molecule has 0 fully saturated rings. The van der Waals surface area contributed by atoms with Gasteiger partial charge in [-0.05, 0) is 52.7 Å². The first kappa shape index (κ1) is 24.5. The van der Waals surface area contributed by atoms with Crippen molar-refractivity contribution < 1.29 is 28.5 Å². The van der Waals surface area contributed by atoms with Crippen molar-refractivity contribution in [2.75, 3.05) is 13.2 Å². The molecule has 1 heterocycles. The van der Waals surface area contributed by atoms with E-state index in [1.807, 2.05) is 0 Å². The Morgan fingerprint density at radius 3 is 2.73 bits per heavy atom. The van der Waals surface area contributed by atoms with Gasteiger partial charge in [0.05, 0.1) is 18.4 Å². The summed E-state index contributed by atoms with van der Waals surface area (Å²) in [6, 6.07) is 7.75. The van der Waals surface area contributed by atoms with Gasteiger partial charge >= 0.3 is 0 Å². The number of ether oxygens (including phenoxy) is 1. The second-order valence-corrected chi connectivity index (χ2v) is 7.90. The number of benzene rings is 2. The minimum Gasteiger partial charge on any atom is -0.472 e. The number of nitrogens with zero attached hydrogens (tertiary/aromatic N) is 2. The van der Waals surface area contributed by atoms with Crippen molar-refractivity contribution in [3.8, 4) is 11.6 Å². The van der Waals surface area contributed by atoms with Crippen molar-refractivity contribution >= 4 is 21.8 Å². The highest BCUT2D eigenvalue weighted by Crippen LogP contribution is 2.22. The fourth-order valence-electron chi connectivity index (χ4n) is 2.86. The predicted molar refractivity (Wildman–Crippen MR) is 118 cm³/mol. The summed E-state index contributed by atoms with van der Waals surface area (Å²) in [5.74, 6) is -2.07. The average Bonchev–Trinajstić information content (AvgIpc) is 2.79. The number of aromatic nitrogens is 2. The molecule has 0 aliphatic rings. The number of hydrogen-bond acceptors (Lipinski definition) is 6. The summed E-state index contributed by atoms with van der Waals surface area (Å²) in [6.07, 6.45) is 0.126. The number of rotatable bonds is 8. The van der Waals surface area contributed by atoms with Crippen LogP contribution in [0.4, 0.5) is 8.78 Å². The van der Waals surface area contributed by atoms with Crippen LogP contribution in [0.5, 0.6) is 5.88 Å². The van der Waals surface area contributed by atoms with Crippen LogP contribution in [0, 0.1) is 18.6 Å². The Labute approximate surface area is 195 Å². The Morgan fingerprint density at radius 2 is 2.03 bits per heavy atom. The van der Waals surface area contributed by atoms with Gasteiger partial charge in [0.25, 0.3) is 11.5 Å². The zero-order valence-electron chi connectivity index (χ0n) is 17.4. The lowest BCUT2D eigenvalue weighted by molar-refractivity contribution is 0.0802. The number of carbonyl (C=O) groups excluding carboxylic acids is 1. The molecule has 0 unspecified atom stereocenters. The van der Waals surface area contributed by atoms with Gasteiger partial charge < -0.3 is 20.3 Å². The topological polar surface area (TPSA) is 114 Å². The van der Waals surface area contributed by atoms with Crippen LogP contribution in [0.2, 0.25) is 0 Å². The Hall–Kier alpha value is -3.15. The van der Waals surface area contributed by atoms with Crippen molar-refractivity contribution in [1.82, 2.24) is 14.9 Å². The third kappa shape index (κ3) is 5.81. The van der Waals surface area contributed by atoms with Gasteiger partial charge in [-0.15, -0.1) is 0 Å². The Morgan fingerprint density at radius 1 is 1.27 bits per heavy atom. The Bertz CT molecular complexity index is 1240. The maximum absolute atomic E-state index is 13.8. The molecule has 0 bridgehead atoms. The number of carbonyl (C=O) groups is 1. The van der Waals surface area contributed by atoms with Crippen molar-refractivity contribution in [2.24, 2.45) is 0 Å². The van der Waals surface area contributed by atoms with Crippen LogP contribution in [-0.4, -0.2) is 44.9 Å². The molecule has 3 rings (SSSR count). The molecule has 8 nitrogen and oxygen atoms in total. The minimum absolute atomic E-state index is 0.0205. The molecule has 174 valence electrons. The third-order valence-electron chi connectivity index (χ3n) is 4.70. The lowest BCUT2D eigenvalue weighted by Gasteiger charge is -2.14. The molecule has 3 N–H and O–H groups in total. The zero-order chi connectivity index (χ0) is 24.1. The molecule has 1 amide bonds. The van der Waals surface area contributed by atoms with Gasteiger partial charge in [-0.3, -0.25) is 14.2 Å². The minimum atomic E-state index is -1.09. The van der Waals surface area contributed by atoms with E-state index < -0.39 is 35.8 Å². The summed E-state index contributed by atoms with van der Waals surface area (Å²) in [6.45, 7) is 0.854. The second kappa shape index (κ2) is 10.6. The lowest BCUT2D eigenvalue weighted by Crippen LogP contribution is -2.34. The van der Waals surface area contributed by atoms with Crippen molar-refractivity contribution in [3.63, 3.8) is 0 Å². The molecule has 0 saturated heterocycles. The summed E-state index contributed by atoms with van der Waals surface area (Å²) >= 11 is 3.15. The number of aliphatic hydroxyl groups excluding tert-OH is 2.